The fraction of sp³-hybridized carbons (Fsp3) is 0.308. The van der Waals surface area contributed by atoms with Crippen LogP contribution in [0.4, 0.5) is 16.2 Å². The van der Waals surface area contributed by atoms with Gasteiger partial charge in [0.15, 0.2) is 5.69 Å². The van der Waals surface area contributed by atoms with Gasteiger partial charge in [-0.2, -0.15) is 0 Å². The van der Waals surface area contributed by atoms with Crippen molar-refractivity contribution in [3.8, 4) is 0 Å². The van der Waals surface area contributed by atoms with Crippen molar-refractivity contribution in [3.63, 3.8) is 0 Å². The topological polar surface area (TPSA) is 120 Å². The van der Waals surface area contributed by atoms with Crippen LogP contribution in [0.1, 0.15) is 49.5 Å². The lowest BCUT2D eigenvalue weighted by Gasteiger charge is -2.38. The summed E-state index contributed by atoms with van der Waals surface area (Å²) in [5.41, 5.74) is 0.180. The van der Waals surface area contributed by atoms with Gasteiger partial charge in [-0.3, -0.25) is 4.79 Å². The Morgan fingerprint density at radius 3 is 2.31 bits per heavy atom. The van der Waals surface area contributed by atoms with E-state index in [0.29, 0.717) is 23.7 Å². The van der Waals surface area contributed by atoms with E-state index in [1.165, 1.54) is 0 Å². The largest absolute Gasteiger partial charge is 0.480 e. The molecule has 0 radical (unpaired) electrons. The number of urea groups is 1. The molecule has 0 spiro atoms. The van der Waals surface area contributed by atoms with Crippen LogP contribution in [0.15, 0.2) is 48.5 Å². The van der Waals surface area contributed by atoms with E-state index in [1.54, 1.807) is 42.5 Å². The van der Waals surface area contributed by atoms with Gasteiger partial charge in [-0.25, -0.2) is 14.6 Å². The molecule has 1 saturated carbocycles. The molecule has 1 atom stereocenters. The van der Waals surface area contributed by atoms with Crippen LogP contribution in [0, 0.1) is 5.41 Å². The number of pyridine rings is 1. The number of nitrogens with one attached hydrogen (secondary N) is 3. The van der Waals surface area contributed by atoms with Gasteiger partial charge in [0.05, 0.1) is 26.9 Å². The maximum Gasteiger partial charge on any atom is 0.326 e. The number of nitrogens with zero attached hydrogens (tertiary/aromatic N) is 1. The van der Waals surface area contributed by atoms with Gasteiger partial charge < -0.3 is 21.1 Å². The van der Waals surface area contributed by atoms with Crippen molar-refractivity contribution in [3.05, 3.63) is 64.3 Å². The summed E-state index contributed by atoms with van der Waals surface area (Å²) >= 11 is 12.3. The van der Waals surface area contributed by atoms with E-state index < -0.39 is 29.4 Å². The maximum absolute atomic E-state index is 13.4. The fourth-order valence-electron chi connectivity index (χ4n) is 4.65. The van der Waals surface area contributed by atoms with E-state index in [0.717, 1.165) is 19.3 Å². The summed E-state index contributed by atoms with van der Waals surface area (Å²) in [5.74, 6) is -1.79. The summed E-state index contributed by atoms with van der Waals surface area (Å²) in [6, 6.07) is 11.7. The molecule has 0 bridgehead atoms. The monoisotopic (exact) mass is 528 g/mol. The molecule has 2 aromatic carbocycles. The molecule has 188 valence electrons. The molecule has 4 N–H and O–H groups in total. The molecule has 4 rings (SSSR count). The van der Waals surface area contributed by atoms with Crippen LogP contribution in [0.5, 0.6) is 0 Å². The number of hydrogen-bond donors (Lipinski definition) is 4. The Kier molecular flexibility index (Phi) is 7.66. The molecule has 0 saturated heterocycles. The zero-order valence-electron chi connectivity index (χ0n) is 19.6. The maximum atomic E-state index is 13.4. The Hall–Kier alpha value is -3.36. The highest BCUT2D eigenvalue weighted by atomic mass is 35.5. The summed E-state index contributed by atoms with van der Waals surface area (Å²) < 4.78 is 0. The van der Waals surface area contributed by atoms with Crippen molar-refractivity contribution in [1.29, 1.82) is 0 Å². The SMILES string of the molecule is CC1([C@H](NC(=O)c2nc3ccccc3cc2NC(=O)Nc2c(Cl)cccc2Cl)C(=O)O)CCCCC1. The van der Waals surface area contributed by atoms with Crippen LogP contribution >= 0.6 is 23.2 Å². The smallest absolute Gasteiger partial charge is 0.326 e. The van der Waals surface area contributed by atoms with Crippen molar-refractivity contribution < 1.29 is 19.5 Å². The second-order valence-electron chi connectivity index (χ2n) is 9.21. The summed E-state index contributed by atoms with van der Waals surface area (Å²) in [6.07, 6.45) is 4.24. The highest BCUT2D eigenvalue weighted by Gasteiger charge is 2.41. The third-order valence-corrected chi connectivity index (χ3v) is 7.23. The van der Waals surface area contributed by atoms with E-state index in [4.69, 9.17) is 23.2 Å². The number of anilines is 2. The lowest BCUT2D eigenvalue weighted by molar-refractivity contribution is -0.143. The third-order valence-electron chi connectivity index (χ3n) is 6.60. The van der Waals surface area contributed by atoms with Crippen molar-refractivity contribution in [2.24, 2.45) is 5.41 Å². The average Bonchev–Trinajstić information content (AvgIpc) is 2.84. The van der Waals surface area contributed by atoms with E-state index >= 15 is 0 Å². The first-order chi connectivity index (χ1) is 17.2. The number of carboxylic acids is 1. The first-order valence-electron chi connectivity index (χ1n) is 11.6. The van der Waals surface area contributed by atoms with Gasteiger partial charge in [0.2, 0.25) is 0 Å². The summed E-state index contributed by atoms with van der Waals surface area (Å²) in [6.45, 7) is 1.89. The molecule has 1 fully saturated rings. The molecule has 3 amide bonds. The van der Waals surface area contributed by atoms with Crippen molar-refractivity contribution in [2.75, 3.05) is 10.6 Å². The fourth-order valence-corrected chi connectivity index (χ4v) is 5.14. The summed E-state index contributed by atoms with van der Waals surface area (Å²) in [7, 11) is 0. The standard InChI is InChI=1S/C26H26Cl2N4O4/c1-26(12-5-2-6-13-26)22(24(34)35)32-23(33)21-19(14-15-8-3-4-11-18(15)29-21)30-25(36)31-20-16(27)9-7-10-17(20)28/h3-4,7-11,14,22H,2,5-6,12-13H2,1H3,(H,32,33)(H,34,35)(H2,30,31,36)/t22-/m1/s1. The van der Waals surface area contributed by atoms with Crippen molar-refractivity contribution in [2.45, 2.75) is 45.1 Å². The van der Waals surface area contributed by atoms with Gasteiger partial charge >= 0.3 is 12.0 Å². The highest BCUT2D eigenvalue weighted by Crippen LogP contribution is 2.39. The molecular weight excluding hydrogens is 503 g/mol. The summed E-state index contributed by atoms with van der Waals surface area (Å²) in [5, 5.41) is 19.0. The van der Waals surface area contributed by atoms with Gasteiger partial charge in [-0.15, -0.1) is 0 Å². The van der Waals surface area contributed by atoms with E-state index in [9.17, 15) is 19.5 Å². The minimum atomic E-state index is -1.10. The number of fused-ring (bicyclic) bond motifs is 1. The van der Waals surface area contributed by atoms with Crippen LogP contribution in [-0.4, -0.2) is 34.0 Å². The predicted octanol–water partition coefficient (Wildman–Crippen LogP) is 6.34. The molecular formula is C26H26Cl2N4O4. The Morgan fingerprint density at radius 1 is 0.972 bits per heavy atom. The average molecular weight is 529 g/mol. The number of rotatable bonds is 6. The number of aromatic nitrogens is 1. The van der Waals surface area contributed by atoms with Crippen LogP contribution < -0.4 is 16.0 Å². The highest BCUT2D eigenvalue weighted by molar-refractivity contribution is 6.39. The number of benzene rings is 2. The van der Waals surface area contributed by atoms with Gasteiger partial charge in [0.25, 0.3) is 5.91 Å². The van der Waals surface area contributed by atoms with Gasteiger partial charge in [0.1, 0.15) is 6.04 Å². The minimum absolute atomic E-state index is 0.0974. The number of halogens is 2. The van der Waals surface area contributed by atoms with Gasteiger partial charge in [-0.1, -0.05) is 73.7 Å². The molecule has 3 aromatic rings. The van der Waals surface area contributed by atoms with Crippen LogP contribution in [-0.2, 0) is 4.79 Å². The first-order valence-corrected chi connectivity index (χ1v) is 12.4. The molecule has 8 nitrogen and oxygen atoms in total. The second kappa shape index (κ2) is 10.7. The number of para-hydroxylation sites is 2. The second-order valence-corrected chi connectivity index (χ2v) is 10.0. The number of aliphatic carboxylic acids is 1. The molecule has 0 aliphatic heterocycles. The third kappa shape index (κ3) is 5.55. The van der Waals surface area contributed by atoms with Crippen molar-refractivity contribution in [1.82, 2.24) is 10.3 Å². The number of carboxylic acid groups (broad SMARTS) is 1. The summed E-state index contributed by atoms with van der Waals surface area (Å²) in [4.78, 5) is 42.9. The molecule has 1 aromatic heterocycles. The Balaban J connectivity index is 1.65. The van der Waals surface area contributed by atoms with E-state index in [1.807, 2.05) is 13.0 Å². The molecule has 1 aliphatic rings. The zero-order valence-corrected chi connectivity index (χ0v) is 21.1. The van der Waals surface area contributed by atoms with E-state index in [-0.39, 0.29) is 27.1 Å². The predicted molar refractivity (Wildman–Crippen MR) is 141 cm³/mol. The first kappa shape index (κ1) is 25.7. The number of hydrogen-bond acceptors (Lipinski definition) is 4. The van der Waals surface area contributed by atoms with Gasteiger partial charge in [0, 0.05) is 5.39 Å². The van der Waals surface area contributed by atoms with Crippen molar-refractivity contribution >= 4 is 63.4 Å². The van der Waals surface area contributed by atoms with Crippen LogP contribution in [0.3, 0.4) is 0 Å². The Morgan fingerprint density at radius 2 is 1.64 bits per heavy atom. The van der Waals surface area contributed by atoms with Crippen LogP contribution in [0.25, 0.3) is 10.9 Å². The Bertz CT molecular complexity index is 1300. The minimum Gasteiger partial charge on any atom is -0.480 e. The lowest BCUT2D eigenvalue weighted by atomic mass is 9.70. The number of carbonyl (C=O) groups is 3. The number of carbonyl (C=O) groups excluding carboxylic acids is 2. The molecule has 0 unspecified atom stereocenters. The van der Waals surface area contributed by atoms with E-state index in [2.05, 4.69) is 20.9 Å². The molecule has 36 heavy (non-hydrogen) atoms. The Labute approximate surface area is 218 Å². The number of amides is 3. The molecule has 1 aliphatic carbocycles. The quantitative estimate of drug-likeness (QED) is 0.297. The molecule has 10 heteroatoms. The molecule has 1 heterocycles. The van der Waals surface area contributed by atoms with Crippen LogP contribution in [0.2, 0.25) is 10.0 Å². The normalized spacial score (nSPS) is 15.6. The lowest BCUT2D eigenvalue weighted by Crippen LogP contribution is -2.52. The van der Waals surface area contributed by atoms with Gasteiger partial charge in [-0.05, 0) is 42.5 Å². The zero-order chi connectivity index (χ0) is 25.9.